The summed E-state index contributed by atoms with van der Waals surface area (Å²) < 4.78 is 43.7. The third-order valence-electron chi connectivity index (χ3n) is 5.99. The molecule has 2 aromatic carbocycles. The van der Waals surface area contributed by atoms with Gasteiger partial charge < -0.3 is 20.5 Å². The Labute approximate surface area is 210 Å². The van der Waals surface area contributed by atoms with Crippen LogP contribution in [-0.2, 0) is 22.1 Å². The van der Waals surface area contributed by atoms with Crippen LogP contribution in [0.1, 0.15) is 24.0 Å². The molecule has 0 aromatic heterocycles. The topological polar surface area (TPSA) is 113 Å². The number of benzene rings is 2. The minimum atomic E-state index is -4.58. The maximum absolute atomic E-state index is 12.8. The minimum Gasteiger partial charge on any atom is -0.449 e. The zero-order chi connectivity index (χ0) is 26.5. The van der Waals surface area contributed by atoms with Crippen LogP contribution in [0.15, 0.2) is 48.5 Å². The third-order valence-corrected chi connectivity index (χ3v) is 6.36. The van der Waals surface area contributed by atoms with Crippen LogP contribution in [0.5, 0.6) is 0 Å². The molecule has 4 amide bonds. The monoisotopic (exact) mass is 527 g/mol. The summed E-state index contributed by atoms with van der Waals surface area (Å²) in [7, 11) is 0. The summed E-state index contributed by atoms with van der Waals surface area (Å²) in [5, 5.41) is 9.89. The number of primary amides is 1. The molecule has 0 saturated carbocycles. The third kappa shape index (κ3) is 6.67. The van der Waals surface area contributed by atoms with Gasteiger partial charge in [-0.3, -0.25) is 4.79 Å². The highest BCUT2D eigenvalue weighted by molar-refractivity contribution is 6.31. The van der Waals surface area contributed by atoms with Crippen molar-refractivity contribution in [2.75, 3.05) is 24.7 Å². The number of hydrogen-bond donors (Lipinski definition) is 2. The number of anilines is 1. The van der Waals surface area contributed by atoms with Gasteiger partial charge in [0.05, 0.1) is 17.9 Å². The van der Waals surface area contributed by atoms with Crippen LogP contribution in [-0.4, -0.2) is 53.8 Å². The normalized spacial score (nSPS) is 18.0. The predicted octanol–water partition coefficient (Wildman–Crippen LogP) is 4.22. The summed E-state index contributed by atoms with van der Waals surface area (Å²) in [4.78, 5) is 38.7. The summed E-state index contributed by atoms with van der Waals surface area (Å²) >= 11 is 6.27. The van der Waals surface area contributed by atoms with Crippen LogP contribution in [0.2, 0.25) is 5.02 Å². The maximum Gasteiger partial charge on any atom is 0.422 e. The number of ether oxygens (including phenoxy) is 1. The number of alkyl halides is 3. The second-order valence-corrected chi connectivity index (χ2v) is 8.79. The fraction of sp³-hybridized carbons (Fsp3) is 0.375. The molecular formula is C24H25ClF3N3O5. The fourth-order valence-corrected chi connectivity index (χ4v) is 4.40. The molecule has 0 bridgehead atoms. The van der Waals surface area contributed by atoms with Crippen molar-refractivity contribution in [3.8, 4) is 0 Å². The number of carbonyl (C=O) groups is 3. The first-order valence-corrected chi connectivity index (χ1v) is 11.5. The van der Waals surface area contributed by atoms with E-state index in [-0.39, 0.29) is 24.3 Å². The number of nitrogens with zero attached hydrogens (tertiary/aromatic N) is 2. The molecule has 1 heterocycles. The number of hydrogen-bond acceptors (Lipinski definition) is 5. The van der Waals surface area contributed by atoms with Gasteiger partial charge in [0, 0.05) is 17.6 Å². The summed E-state index contributed by atoms with van der Waals surface area (Å²) in [6.07, 6.45) is -4.38. The second-order valence-electron chi connectivity index (χ2n) is 8.38. The highest BCUT2D eigenvalue weighted by Crippen LogP contribution is 2.31. The van der Waals surface area contributed by atoms with Gasteiger partial charge in [0.2, 0.25) is 5.91 Å². The molecule has 0 spiro atoms. The Kier molecular flexibility index (Phi) is 8.80. The lowest BCUT2D eigenvalue weighted by atomic mass is 9.88. The Balaban J connectivity index is 1.68. The highest BCUT2D eigenvalue weighted by atomic mass is 35.5. The summed E-state index contributed by atoms with van der Waals surface area (Å²) in [6, 6.07) is 9.01. The molecular weight excluding hydrogens is 503 g/mol. The molecule has 1 aliphatic heterocycles. The fourth-order valence-electron chi connectivity index (χ4n) is 4.19. The zero-order valence-electron chi connectivity index (χ0n) is 19.1. The van der Waals surface area contributed by atoms with Crippen molar-refractivity contribution in [2.24, 2.45) is 11.7 Å². The molecule has 3 rings (SSSR count). The van der Waals surface area contributed by atoms with Gasteiger partial charge in [0.15, 0.2) is 0 Å². The van der Waals surface area contributed by atoms with Crippen molar-refractivity contribution in [2.45, 2.75) is 31.5 Å². The number of piperidine rings is 1. The SMILES string of the molecule is NC(=O)N(C(=O)OCC1CCN(C(=O)CO)C(Cc2ccccc2Cl)C1)c1ccc(C(F)(F)F)cc1. The molecule has 2 aromatic rings. The number of halogens is 4. The number of urea groups is 1. The van der Waals surface area contributed by atoms with Gasteiger partial charge in [-0.15, -0.1) is 0 Å². The lowest BCUT2D eigenvalue weighted by Crippen LogP contribution is -2.49. The van der Waals surface area contributed by atoms with Crippen LogP contribution in [0, 0.1) is 5.92 Å². The maximum atomic E-state index is 12.8. The number of amides is 4. The number of aliphatic hydroxyl groups is 1. The van der Waals surface area contributed by atoms with Gasteiger partial charge in [-0.1, -0.05) is 29.8 Å². The van der Waals surface area contributed by atoms with E-state index >= 15 is 0 Å². The predicted molar refractivity (Wildman–Crippen MR) is 125 cm³/mol. The van der Waals surface area contributed by atoms with Crippen LogP contribution in [0.4, 0.5) is 28.4 Å². The molecule has 0 aliphatic carbocycles. The second kappa shape index (κ2) is 11.6. The van der Waals surface area contributed by atoms with E-state index in [1.807, 2.05) is 12.1 Å². The molecule has 194 valence electrons. The Morgan fingerprint density at radius 2 is 1.81 bits per heavy atom. The van der Waals surface area contributed by atoms with E-state index in [4.69, 9.17) is 22.1 Å². The van der Waals surface area contributed by atoms with E-state index < -0.39 is 36.4 Å². The van der Waals surface area contributed by atoms with Crippen molar-refractivity contribution in [1.82, 2.24) is 4.90 Å². The van der Waals surface area contributed by atoms with E-state index in [9.17, 15) is 32.7 Å². The zero-order valence-corrected chi connectivity index (χ0v) is 19.8. The Morgan fingerprint density at radius 3 is 2.39 bits per heavy atom. The molecule has 3 N–H and O–H groups in total. The molecule has 2 atom stereocenters. The largest absolute Gasteiger partial charge is 0.449 e. The molecule has 2 unspecified atom stereocenters. The minimum absolute atomic E-state index is 0.108. The molecule has 0 radical (unpaired) electrons. The van der Waals surface area contributed by atoms with Gasteiger partial charge in [-0.2, -0.15) is 18.1 Å². The number of nitrogens with two attached hydrogens (primary N) is 1. The van der Waals surface area contributed by atoms with E-state index in [1.165, 1.54) is 0 Å². The average Bonchev–Trinajstić information content (AvgIpc) is 2.83. The number of imide groups is 1. The Hall–Kier alpha value is -3.31. The first kappa shape index (κ1) is 27.3. The number of aliphatic hydroxyl groups excluding tert-OH is 1. The molecule has 1 saturated heterocycles. The van der Waals surface area contributed by atoms with Crippen molar-refractivity contribution < 1.29 is 37.4 Å². The van der Waals surface area contributed by atoms with Gasteiger partial charge >= 0.3 is 18.3 Å². The first-order chi connectivity index (χ1) is 17.0. The van der Waals surface area contributed by atoms with Crippen molar-refractivity contribution in [1.29, 1.82) is 0 Å². The van der Waals surface area contributed by atoms with Crippen molar-refractivity contribution in [3.63, 3.8) is 0 Å². The van der Waals surface area contributed by atoms with Crippen LogP contribution in [0.25, 0.3) is 0 Å². The lowest BCUT2D eigenvalue weighted by molar-refractivity contribution is -0.139. The van der Waals surface area contributed by atoms with Crippen molar-refractivity contribution in [3.05, 3.63) is 64.7 Å². The summed E-state index contributed by atoms with van der Waals surface area (Å²) in [6.45, 7) is -0.433. The van der Waals surface area contributed by atoms with Gasteiger partial charge in [-0.25, -0.2) is 9.59 Å². The lowest BCUT2D eigenvalue weighted by Gasteiger charge is -2.39. The smallest absolute Gasteiger partial charge is 0.422 e. The van der Waals surface area contributed by atoms with Crippen molar-refractivity contribution >= 4 is 35.3 Å². The Morgan fingerprint density at radius 1 is 1.14 bits per heavy atom. The van der Waals surface area contributed by atoms with E-state index in [0.717, 1.165) is 29.8 Å². The van der Waals surface area contributed by atoms with E-state index in [0.29, 0.717) is 35.7 Å². The van der Waals surface area contributed by atoms with Gasteiger partial charge in [0.1, 0.15) is 6.61 Å². The molecule has 8 nitrogen and oxygen atoms in total. The number of carbonyl (C=O) groups excluding carboxylic acids is 3. The summed E-state index contributed by atoms with van der Waals surface area (Å²) in [5.74, 6) is -0.615. The standard InChI is InChI=1S/C24H25ClF3N3O5/c25-20-4-2-1-3-16(20)12-19-11-15(9-10-30(19)21(33)13-32)14-36-23(35)31(22(29)34)18-7-5-17(6-8-18)24(26,27)28/h1-8,15,19,32H,9-14H2,(H2,29,34). The van der Waals surface area contributed by atoms with Crippen LogP contribution in [0.3, 0.4) is 0 Å². The van der Waals surface area contributed by atoms with E-state index in [2.05, 4.69) is 0 Å². The number of rotatable bonds is 6. The summed E-state index contributed by atoms with van der Waals surface area (Å²) in [5.41, 5.74) is 4.98. The molecule has 1 fully saturated rings. The van der Waals surface area contributed by atoms with Crippen LogP contribution >= 0.6 is 11.6 Å². The highest BCUT2D eigenvalue weighted by Gasteiger charge is 2.34. The van der Waals surface area contributed by atoms with E-state index in [1.54, 1.807) is 17.0 Å². The number of likely N-dealkylation sites (tertiary alicyclic amines) is 1. The van der Waals surface area contributed by atoms with Gasteiger partial charge in [0.25, 0.3) is 0 Å². The average molecular weight is 528 g/mol. The van der Waals surface area contributed by atoms with Gasteiger partial charge in [-0.05, 0) is 61.1 Å². The Bertz CT molecular complexity index is 1100. The van der Waals surface area contributed by atoms with Crippen LogP contribution < -0.4 is 10.6 Å². The molecule has 12 heteroatoms. The molecule has 1 aliphatic rings. The first-order valence-electron chi connectivity index (χ1n) is 11.1. The quantitative estimate of drug-likeness (QED) is 0.584. The molecule has 36 heavy (non-hydrogen) atoms.